The number of imide groups is 1. The fourth-order valence-corrected chi connectivity index (χ4v) is 3.44. The Labute approximate surface area is 118 Å². The van der Waals surface area contributed by atoms with E-state index >= 15 is 0 Å². The number of nitrogens with zero attached hydrogens (tertiary/aromatic N) is 1. The molecule has 1 saturated heterocycles. The first kappa shape index (κ1) is 13.2. The van der Waals surface area contributed by atoms with Crippen molar-refractivity contribution in [3.63, 3.8) is 0 Å². The molecule has 2 fully saturated rings. The van der Waals surface area contributed by atoms with E-state index in [4.69, 9.17) is 4.74 Å². The van der Waals surface area contributed by atoms with Crippen molar-refractivity contribution in [2.75, 3.05) is 12.0 Å². The van der Waals surface area contributed by atoms with Crippen LogP contribution in [0.15, 0.2) is 24.3 Å². The van der Waals surface area contributed by atoms with Gasteiger partial charge in [-0.25, -0.2) is 4.90 Å². The van der Waals surface area contributed by atoms with Crippen LogP contribution in [0.2, 0.25) is 0 Å². The fraction of sp³-hybridized carbons (Fsp3) is 0.500. The van der Waals surface area contributed by atoms with Gasteiger partial charge in [0.05, 0.1) is 24.6 Å². The van der Waals surface area contributed by atoms with Gasteiger partial charge in [0.25, 0.3) is 0 Å². The predicted octanol–water partition coefficient (Wildman–Crippen LogP) is 2.62. The first-order chi connectivity index (χ1) is 9.63. The lowest BCUT2D eigenvalue weighted by Crippen LogP contribution is -2.31. The van der Waals surface area contributed by atoms with E-state index in [0.29, 0.717) is 17.4 Å². The molecule has 4 nitrogen and oxygen atoms in total. The summed E-state index contributed by atoms with van der Waals surface area (Å²) >= 11 is 0. The van der Waals surface area contributed by atoms with Crippen LogP contribution in [0.1, 0.15) is 26.2 Å². The van der Waals surface area contributed by atoms with Crippen molar-refractivity contribution in [3.8, 4) is 5.75 Å². The SMILES string of the molecule is COc1ccccc1N1C(=O)[C@H]2CC[C@@H](C)C[C@H]2C1=O. The Morgan fingerprint density at radius 3 is 2.55 bits per heavy atom. The van der Waals surface area contributed by atoms with Crippen molar-refractivity contribution < 1.29 is 14.3 Å². The number of benzene rings is 1. The molecule has 2 aliphatic rings. The number of hydrogen-bond acceptors (Lipinski definition) is 3. The molecule has 1 aromatic rings. The highest BCUT2D eigenvalue weighted by Gasteiger charge is 2.50. The molecule has 0 aromatic heterocycles. The number of carbonyl (C=O) groups excluding carboxylic acids is 2. The number of rotatable bonds is 2. The molecule has 0 N–H and O–H groups in total. The average molecular weight is 273 g/mol. The van der Waals surface area contributed by atoms with Gasteiger partial charge < -0.3 is 4.74 Å². The Hall–Kier alpha value is -1.84. The van der Waals surface area contributed by atoms with E-state index in [-0.39, 0.29) is 23.7 Å². The number of fused-ring (bicyclic) bond motifs is 1. The maximum atomic E-state index is 12.6. The standard InChI is InChI=1S/C16H19NO3/c1-10-7-8-11-12(9-10)16(19)17(15(11)18)13-5-3-4-6-14(13)20-2/h3-6,10-12H,7-9H2,1-2H3/t10-,11+,12-/m1/s1. The van der Waals surface area contributed by atoms with Crippen LogP contribution in [0.4, 0.5) is 5.69 Å². The monoisotopic (exact) mass is 273 g/mol. The molecule has 1 saturated carbocycles. The average Bonchev–Trinajstić information content (AvgIpc) is 2.70. The van der Waals surface area contributed by atoms with Crippen LogP contribution >= 0.6 is 0 Å². The molecule has 1 aromatic carbocycles. The second-order valence-electron chi connectivity index (χ2n) is 5.81. The molecule has 0 radical (unpaired) electrons. The largest absolute Gasteiger partial charge is 0.495 e. The number of hydrogen-bond donors (Lipinski definition) is 0. The van der Waals surface area contributed by atoms with Crippen molar-refractivity contribution in [3.05, 3.63) is 24.3 Å². The zero-order valence-electron chi connectivity index (χ0n) is 11.8. The maximum Gasteiger partial charge on any atom is 0.237 e. The molecule has 2 amide bonds. The van der Waals surface area contributed by atoms with Gasteiger partial charge in [-0.1, -0.05) is 19.1 Å². The predicted molar refractivity (Wildman–Crippen MR) is 75.5 cm³/mol. The summed E-state index contributed by atoms with van der Waals surface area (Å²) in [5, 5.41) is 0. The molecule has 0 unspecified atom stereocenters. The zero-order valence-corrected chi connectivity index (χ0v) is 11.8. The third-order valence-corrected chi connectivity index (χ3v) is 4.51. The van der Waals surface area contributed by atoms with Crippen molar-refractivity contribution in [2.45, 2.75) is 26.2 Å². The van der Waals surface area contributed by atoms with E-state index in [1.165, 1.54) is 4.90 Å². The van der Waals surface area contributed by atoms with Crippen molar-refractivity contribution in [1.82, 2.24) is 0 Å². The highest BCUT2D eigenvalue weighted by Crippen LogP contribution is 2.43. The third kappa shape index (κ3) is 1.90. The third-order valence-electron chi connectivity index (χ3n) is 4.51. The van der Waals surface area contributed by atoms with Crippen molar-refractivity contribution in [1.29, 1.82) is 0 Å². The lowest BCUT2D eigenvalue weighted by atomic mass is 9.76. The van der Waals surface area contributed by atoms with Gasteiger partial charge in [-0.3, -0.25) is 9.59 Å². The molecular weight excluding hydrogens is 254 g/mol. The summed E-state index contributed by atoms with van der Waals surface area (Å²) in [5.74, 6) is 0.693. The van der Waals surface area contributed by atoms with Crippen LogP contribution in [0.5, 0.6) is 5.75 Å². The van der Waals surface area contributed by atoms with Gasteiger partial charge >= 0.3 is 0 Å². The van der Waals surface area contributed by atoms with E-state index in [2.05, 4.69) is 6.92 Å². The first-order valence-corrected chi connectivity index (χ1v) is 7.14. The Morgan fingerprint density at radius 1 is 1.10 bits per heavy atom. The molecule has 0 bridgehead atoms. The van der Waals surface area contributed by atoms with Crippen molar-refractivity contribution in [2.24, 2.45) is 17.8 Å². The van der Waals surface area contributed by atoms with E-state index in [1.807, 2.05) is 12.1 Å². The summed E-state index contributed by atoms with van der Waals surface area (Å²) in [6.45, 7) is 2.15. The Balaban J connectivity index is 1.98. The smallest absolute Gasteiger partial charge is 0.237 e. The second kappa shape index (κ2) is 4.93. The molecule has 4 heteroatoms. The van der Waals surface area contributed by atoms with E-state index in [0.717, 1.165) is 19.3 Å². The number of para-hydroxylation sites is 2. The van der Waals surface area contributed by atoms with Gasteiger partial charge in [-0.15, -0.1) is 0 Å². The zero-order chi connectivity index (χ0) is 14.3. The molecule has 1 aliphatic carbocycles. The molecule has 3 rings (SSSR count). The summed E-state index contributed by atoms with van der Waals surface area (Å²) in [7, 11) is 1.55. The van der Waals surface area contributed by atoms with E-state index in [1.54, 1.807) is 19.2 Å². The number of ether oxygens (including phenoxy) is 1. The van der Waals surface area contributed by atoms with Crippen LogP contribution in [0, 0.1) is 17.8 Å². The highest BCUT2D eigenvalue weighted by atomic mass is 16.5. The van der Waals surface area contributed by atoms with Crippen LogP contribution < -0.4 is 9.64 Å². The minimum absolute atomic E-state index is 0.0589. The normalized spacial score (nSPS) is 29.5. The molecular formula is C16H19NO3. The first-order valence-electron chi connectivity index (χ1n) is 7.14. The minimum Gasteiger partial charge on any atom is -0.495 e. The quantitative estimate of drug-likeness (QED) is 0.778. The summed E-state index contributed by atoms with van der Waals surface area (Å²) in [6.07, 6.45) is 2.67. The lowest BCUT2D eigenvalue weighted by molar-refractivity contribution is -0.122. The lowest BCUT2D eigenvalue weighted by Gasteiger charge is -2.25. The molecule has 1 heterocycles. The van der Waals surface area contributed by atoms with Gasteiger partial charge in [-0.05, 0) is 37.3 Å². The Bertz CT molecular complexity index is 554. The summed E-state index contributed by atoms with van der Waals surface area (Å²) < 4.78 is 5.28. The molecule has 1 aliphatic heterocycles. The number of methoxy groups -OCH3 is 1. The summed E-state index contributed by atoms with van der Waals surface area (Å²) in [5.41, 5.74) is 0.576. The van der Waals surface area contributed by atoms with E-state index < -0.39 is 0 Å². The fourth-order valence-electron chi connectivity index (χ4n) is 3.44. The molecule has 20 heavy (non-hydrogen) atoms. The van der Waals surface area contributed by atoms with Gasteiger partial charge in [0.1, 0.15) is 5.75 Å². The summed E-state index contributed by atoms with van der Waals surface area (Å²) in [4.78, 5) is 26.5. The minimum atomic E-state index is -0.142. The van der Waals surface area contributed by atoms with Gasteiger partial charge in [0, 0.05) is 0 Å². The van der Waals surface area contributed by atoms with Crippen LogP contribution in [0.3, 0.4) is 0 Å². The van der Waals surface area contributed by atoms with Gasteiger partial charge in [0.15, 0.2) is 0 Å². The highest BCUT2D eigenvalue weighted by molar-refractivity contribution is 6.22. The van der Waals surface area contributed by atoms with Crippen molar-refractivity contribution >= 4 is 17.5 Å². The maximum absolute atomic E-state index is 12.6. The molecule has 0 spiro atoms. The number of anilines is 1. The second-order valence-corrected chi connectivity index (χ2v) is 5.81. The Morgan fingerprint density at radius 2 is 1.80 bits per heavy atom. The van der Waals surface area contributed by atoms with Crippen LogP contribution in [0.25, 0.3) is 0 Å². The number of amides is 2. The molecule has 3 atom stereocenters. The topological polar surface area (TPSA) is 46.6 Å². The number of carbonyl (C=O) groups is 2. The van der Waals surface area contributed by atoms with Gasteiger partial charge in [-0.2, -0.15) is 0 Å². The molecule has 106 valence electrons. The van der Waals surface area contributed by atoms with Gasteiger partial charge in [0.2, 0.25) is 11.8 Å². The van der Waals surface area contributed by atoms with E-state index in [9.17, 15) is 9.59 Å². The van der Waals surface area contributed by atoms with Crippen LogP contribution in [-0.2, 0) is 9.59 Å². The van der Waals surface area contributed by atoms with Crippen LogP contribution in [-0.4, -0.2) is 18.9 Å². The Kier molecular flexibility index (Phi) is 3.24. The summed E-state index contributed by atoms with van der Waals surface area (Å²) in [6, 6.07) is 7.21.